The fraction of sp³-hybridized carbons (Fsp3) is 0.391. The Bertz CT molecular complexity index is 1040. The second-order valence-electron chi connectivity index (χ2n) is 7.33. The van der Waals surface area contributed by atoms with E-state index >= 15 is 0 Å². The third kappa shape index (κ3) is 6.98. The van der Waals surface area contributed by atoms with Crippen LogP contribution in [0.3, 0.4) is 0 Å². The van der Waals surface area contributed by atoms with E-state index in [-0.39, 0.29) is 22.3 Å². The standard InChI is InChI=1S/C23H30N2O6S/c1-5-7-13-24-20-14-18(23(27)30-16(3)6-2)15-21(32(28,29)25-17(4)26)22(20)31-19-11-9-8-10-12-19/h8-12,14-16,24H,5-7,13H2,1-4H3,(H,25,26). The maximum Gasteiger partial charge on any atom is 0.338 e. The summed E-state index contributed by atoms with van der Waals surface area (Å²) in [5.74, 6) is -1.03. The van der Waals surface area contributed by atoms with Gasteiger partial charge in [-0.2, -0.15) is 0 Å². The van der Waals surface area contributed by atoms with Crippen LogP contribution in [-0.2, 0) is 19.6 Å². The highest BCUT2D eigenvalue weighted by molar-refractivity contribution is 7.90. The molecule has 174 valence electrons. The van der Waals surface area contributed by atoms with E-state index < -0.39 is 21.9 Å². The summed E-state index contributed by atoms with van der Waals surface area (Å²) < 4.78 is 39.3. The zero-order chi connectivity index (χ0) is 23.7. The van der Waals surface area contributed by atoms with Gasteiger partial charge in [0, 0.05) is 13.5 Å². The lowest BCUT2D eigenvalue weighted by Crippen LogP contribution is -2.29. The Morgan fingerprint density at radius 2 is 1.78 bits per heavy atom. The lowest BCUT2D eigenvalue weighted by molar-refractivity contribution is -0.117. The maximum absolute atomic E-state index is 13.0. The maximum atomic E-state index is 13.0. The zero-order valence-corrected chi connectivity index (χ0v) is 19.6. The van der Waals surface area contributed by atoms with Crippen LogP contribution in [0.5, 0.6) is 11.5 Å². The SMILES string of the molecule is CCCCNc1cc(C(=O)OC(C)CC)cc(S(=O)(=O)NC(C)=O)c1Oc1ccccc1. The van der Waals surface area contributed by atoms with E-state index in [1.54, 1.807) is 37.3 Å². The Hall–Kier alpha value is -3.07. The molecule has 32 heavy (non-hydrogen) atoms. The summed E-state index contributed by atoms with van der Waals surface area (Å²) in [5, 5.41) is 3.15. The molecule has 2 aromatic rings. The van der Waals surface area contributed by atoms with Crippen LogP contribution in [0.1, 0.15) is 57.3 Å². The number of nitrogens with one attached hydrogen (secondary N) is 2. The van der Waals surface area contributed by atoms with Crippen molar-refractivity contribution < 1.29 is 27.5 Å². The number of hydrogen-bond donors (Lipinski definition) is 2. The van der Waals surface area contributed by atoms with E-state index in [2.05, 4.69) is 5.32 Å². The van der Waals surface area contributed by atoms with Gasteiger partial charge < -0.3 is 14.8 Å². The van der Waals surface area contributed by atoms with E-state index in [4.69, 9.17) is 9.47 Å². The van der Waals surface area contributed by atoms with Crippen molar-refractivity contribution in [2.24, 2.45) is 0 Å². The van der Waals surface area contributed by atoms with E-state index in [0.29, 0.717) is 24.4 Å². The molecule has 9 heteroatoms. The van der Waals surface area contributed by atoms with Crippen molar-refractivity contribution in [1.82, 2.24) is 4.72 Å². The number of carbonyl (C=O) groups excluding carboxylic acids is 2. The average Bonchev–Trinajstić information content (AvgIpc) is 2.74. The largest absolute Gasteiger partial charge is 0.459 e. The molecule has 2 rings (SSSR count). The second-order valence-corrected chi connectivity index (χ2v) is 8.98. The van der Waals surface area contributed by atoms with Crippen LogP contribution in [0.2, 0.25) is 0 Å². The average molecular weight is 463 g/mol. The van der Waals surface area contributed by atoms with Gasteiger partial charge in [0.05, 0.1) is 17.4 Å². The summed E-state index contributed by atoms with van der Waals surface area (Å²) in [6, 6.07) is 11.3. The summed E-state index contributed by atoms with van der Waals surface area (Å²) >= 11 is 0. The molecule has 2 N–H and O–H groups in total. The number of hydrogen-bond acceptors (Lipinski definition) is 7. The number of benzene rings is 2. The third-order valence-electron chi connectivity index (χ3n) is 4.55. The number of para-hydroxylation sites is 1. The predicted octanol–water partition coefficient (Wildman–Crippen LogP) is 4.47. The number of esters is 1. The molecule has 0 saturated heterocycles. The molecule has 0 saturated carbocycles. The summed E-state index contributed by atoms with van der Waals surface area (Å²) in [7, 11) is -4.33. The van der Waals surface area contributed by atoms with Gasteiger partial charge in [0.15, 0.2) is 5.75 Å². The number of sulfonamides is 1. The van der Waals surface area contributed by atoms with Crippen molar-refractivity contribution >= 4 is 27.6 Å². The van der Waals surface area contributed by atoms with Crippen LogP contribution in [0, 0.1) is 0 Å². The molecule has 1 atom stereocenters. The summed E-state index contributed by atoms with van der Waals surface area (Å²) in [5.41, 5.74) is 0.346. The van der Waals surface area contributed by atoms with Gasteiger partial charge in [0.25, 0.3) is 10.0 Å². The first kappa shape index (κ1) is 25.2. The normalized spacial score (nSPS) is 12.0. The number of unbranched alkanes of at least 4 members (excludes halogenated alkanes) is 1. The van der Waals surface area contributed by atoms with Crippen molar-refractivity contribution in [3.63, 3.8) is 0 Å². The molecule has 1 amide bonds. The minimum atomic E-state index is -4.33. The van der Waals surface area contributed by atoms with Gasteiger partial charge in [0.1, 0.15) is 10.6 Å². The lowest BCUT2D eigenvalue weighted by atomic mass is 10.1. The summed E-state index contributed by atoms with van der Waals surface area (Å²) in [6.45, 7) is 7.27. The van der Waals surface area contributed by atoms with Crippen molar-refractivity contribution in [3.05, 3.63) is 48.0 Å². The van der Waals surface area contributed by atoms with Gasteiger partial charge in [-0.25, -0.2) is 17.9 Å². The minimum absolute atomic E-state index is 0.0128. The molecular weight excluding hydrogens is 432 g/mol. The Kier molecular flexibility index (Phi) is 9.07. The van der Waals surface area contributed by atoms with Gasteiger partial charge in [0.2, 0.25) is 5.91 Å². The molecule has 0 radical (unpaired) electrons. The van der Waals surface area contributed by atoms with Crippen molar-refractivity contribution in [3.8, 4) is 11.5 Å². The Morgan fingerprint density at radius 3 is 2.38 bits per heavy atom. The van der Waals surface area contributed by atoms with Crippen LogP contribution >= 0.6 is 0 Å². The van der Waals surface area contributed by atoms with E-state index in [0.717, 1.165) is 19.8 Å². The van der Waals surface area contributed by atoms with Gasteiger partial charge >= 0.3 is 5.97 Å². The van der Waals surface area contributed by atoms with Crippen LogP contribution in [0.15, 0.2) is 47.4 Å². The van der Waals surface area contributed by atoms with Gasteiger partial charge in [-0.05, 0) is 44.0 Å². The number of carbonyl (C=O) groups is 2. The zero-order valence-electron chi connectivity index (χ0n) is 18.8. The molecule has 0 spiro atoms. The molecule has 0 aliphatic heterocycles. The first-order valence-corrected chi connectivity index (χ1v) is 12.0. The second kappa shape index (κ2) is 11.5. The van der Waals surface area contributed by atoms with Crippen LogP contribution in [0.4, 0.5) is 5.69 Å². The Balaban J connectivity index is 2.67. The molecular formula is C23H30N2O6S. The Morgan fingerprint density at radius 1 is 1.09 bits per heavy atom. The molecule has 8 nitrogen and oxygen atoms in total. The fourth-order valence-corrected chi connectivity index (χ4v) is 3.91. The van der Waals surface area contributed by atoms with Gasteiger partial charge in [-0.15, -0.1) is 0 Å². The minimum Gasteiger partial charge on any atom is -0.459 e. The molecule has 0 heterocycles. The van der Waals surface area contributed by atoms with E-state index in [9.17, 15) is 18.0 Å². The number of ether oxygens (including phenoxy) is 2. The quantitative estimate of drug-likeness (QED) is 0.374. The molecule has 0 aromatic heterocycles. The Labute approximate surface area is 189 Å². The topological polar surface area (TPSA) is 111 Å². The third-order valence-corrected chi connectivity index (χ3v) is 5.99. The van der Waals surface area contributed by atoms with E-state index in [1.807, 2.05) is 18.6 Å². The van der Waals surface area contributed by atoms with Crippen molar-refractivity contribution in [2.75, 3.05) is 11.9 Å². The number of anilines is 1. The van der Waals surface area contributed by atoms with Gasteiger partial charge in [-0.1, -0.05) is 38.5 Å². The van der Waals surface area contributed by atoms with Crippen molar-refractivity contribution in [1.29, 1.82) is 0 Å². The molecule has 0 aliphatic rings. The highest BCUT2D eigenvalue weighted by Gasteiger charge is 2.27. The van der Waals surface area contributed by atoms with E-state index in [1.165, 1.54) is 12.1 Å². The summed E-state index contributed by atoms with van der Waals surface area (Å²) in [4.78, 5) is 23.9. The first-order valence-electron chi connectivity index (χ1n) is 10.6. The van der Waals surface area contributed by atoms with Crippen molar-refractivity contribution in [2.45, 2.75) is 58.0 Å². The van der Waals surface area contributed by atoms with Gasteiger partial charge in [-0.3, -0.25) is 4.79 Å². The predicted molar refractivity (Wildman–Crippen MR) is 123 cm³/mol. The number of rotatable bonds is 11. The summed E-state index contributed by atoms with van der Waals surface area (Å²) in [6.07, 6.45) is 2.00. The lowest BCUT2D eigenvalue weighted by Gasteiger charge is -2.19. The smallest absolute Gasteiger partial charge is 0.338 e. The molecule has 2 aromatic carbocycles. The molecule has 0 bridgehead atoms. The van der Waals surface area contributed by atoms with Crippen LogP contribution in [0.25, 0.3) is 0 Å². The number of amides is 1. The molecule has 0 fully saturated rings. The monoisotopic (exact) mass is 462 g/mol. The van der Waals surface area contributed by atoms with Crippen LogP contribution in [-0.4, -0.2) is 32.9 Å². The molecule has 0 aliphatic carbocycles. The highest BCUT2D eigenvalue weighted by atomic mass is 32.2. The fourth-order valence-electron chi connectivity index (χ4n) is 2.74. The van der Waals surface area contributed by atoms with Crippen LogP contribution < -0.4 is 14.8 Å². The highest BCUT2D eigenvalue weighted by Crippen LogP contribution is 2.38. The first-order chi connectivity index (χ1) is 15.2. The molecule has 1 unspecified atom stereocenters.